The molecule has 5 heteroatoms. The van der Waals surface area contributed by atoms with Gasteiger partial charge in [0, 0.05) is 12.1 Å². The maximum atomic E-state index is 5.19. The van der Waals surface area contributed by atoms with Gasteiger partial charge in [0.2, 0.25) is 0 Å². The second kappa shape index (κ2) is 5.91. The molecule has 108 valence electrons. The first-order chi connectivity index (χ1) is 10.3. The minimum absolute atomic E-state index is 0.831. The molecule has 5 nitrogen and oxygen atoms in total. The summed E-state index contributed by atoms with van der Waals surface area (Å²) < 4.78 is 7.28. The van der Waals surface area contributed by atoms with E-state index in [1.54, 1.807) is 13.4 Å². The van der Waals surface area contributed by atoms with E-state index >= 15 is 0 Å². The summed E-state index contributed by atoms with van der Waals surface area (Å²) in [5.41, 5.74) is 3.62. The van der Waals surface area contributed by atoms with Crippen molar-refractivity contribution >= 4 is 11.2 Å². The molecule has 0 atom stereocenters. The predicted octanol–water partition coefficient (Wildman–Crippen LogP) is 3.30. The predicted molar refractivity (Wildman–Crippen MR) is 82.2 cm³/mol. The van der Waals surface area contributed by atoms with Crippen molar-refractivity contribution in [2.75, 3.05) is 7.11 Å². The summed E-state index contributed by atoms with van der Waals surface area (Å²) in [7, 11) is 1.66. The quantitative estimate of drug-likeness (QED) is 0.720. The first-order valence-electron chi connectivity index (χ1n) is 7.13. The van der Waals surface area contributed by atoms with Crippen LogP contribution in [-0.4, -0.2) is 26.6 Å². The van der Waals surface area contributed by atoms with Crippen LogP contribution in [0.2, 0.25) is 0 Å². The largest absolute Gasteiger partial charge is 0.497 e. The molecule has 0 saturated heterocycles. The average Bonchev–Trinajstić information content (AvgIpc) is 2.96. The van der Waals surface area contributed by atoms with E-state index in [1.165, 1.54) is 0 Å². The van der Waals surface area contributed by atoms with Crippen LogP contribution in [-0.2, 0) is 6.54 Å². The van der Waals surface area contributed by atoms with Gasteiger partial charge in [-0.2, -0.15) is 0 Å². The number of aromatic nitrogens is 4. The number of methoxy groups -OCH3 is 1. The number of imidazole rings is 1. The van der Waals surface area contributed by atoms with Crippen LogP contribution in [0, 0.1) is 0 Å². The van der Waals surface area contributed by atoms with Gasteiger partial charge in [-0.15, -0.1) is 0 Å². The highest BCUT2D eigenvalue weighted by Crippen LogP contribution is 2.26. The van der Waals surface area contributed by atoms with Crippen LogP contribution in [0.5, 0.6) is 5.75 Å². The van der Waals surface area contributed by atoms with E-state index in [0.717, 1.165) is 47.6 Å². The Hall–Kier alpha value is -2.43. The normalized spacial score (nSPS) is 11.0. The summed E-state index contributed by atoms with van der Waals surface area (Å²) >= 11 is 0. The number of ether oxygens (including phenoxy) is 1. The molecule has 21 heavy (non-hydrogen) atoms. The van der Waals surface area contributed by atoms with Crippen molar-refractivity contribution in [2.45, 2.75) is 26.3 Å². The second-order valence-electron chi connectivity index (χ2n) is 4.91. The Balaban J connectivity index is 2.04. The molecular weight excluding hydrogens is 264 g/mol. The molecule has 0 fully saturated rings. The summed E-state index contributed by atoms with van der Waals surface area (Å²) in [5.74, 6) is 0.831. The van der Waals surface area contributed by atoms with Crippen molar-refractivity contribution in [3.05, 3.63) is 36.9 Å². The molecule has 0 aliphatic carbocycles. The standard InChI is InChI=1S/C16H18N4O/c1-3-4-9-20-11-19-15-14(17-10-18-16(15)20)12-5-7-13(21-2)8-6-12/h5-8,10-11H,3-4,9H2,1-2H3. The summed E-state index contributed by atoms with van der Waals surface area (Å²) in [4.78, 5) is 13.3. The fourth-order valence-electron chi connectivity index (χ4n) is 2.33. The highest BCUT2D eigenvalue weighted by Gasteiger charge is 2.11. The monoisotopic (exact) mass is 282 g/mol. The van der Waals surface area contributed by atoms with E-state index in [-0.39, 0.29) is 0 Å². The van der Waals surface area contributed by atoms with E-state index < -0.39 is 0 Å². The number of unbranched alkanes of at least 4 members (excludes halogenated alkanes) is 1. The number of benzene rings is 1. The van der Waals surface area contributed by atoms with Gasteiger partial charge < -0.3 is 9.30 Å². The van der Waals surface area contributed by atoms with E-state index in [1.807, 2.05) is 30.6 Å². The van der Waals surface area contributed by atoms with Crippen LogP contribution in [0.1, 0.15) is 19.8 Å². The van der Waals surface area contributed by atoms with E-state index in [2.05, 4.69) is 26.4 Å². The van der Waals surface area contributed by atoms with Gasteiger partial charge in [0.15, 0.2) is 5.65 Å². The number of rotatable bonds is 5. The van der Waals surface area contributed by atoms with Crippen LogP contribution < -0.4 is 4.74 Å². The van der Waals surface area contributed by atoms with Crippen LogP contribution in [0.3, 0.4) is 0 Å². The zero-order valence-electron chi connectivity index (χ0n) is 12.3. The van der Waals surface area contributed by atoms with Gasteiger partial charge in [-0.3, -0.25) is 0 Å². The fourth-order valence-corrected chi connectivity index (χ4v) is 2.33. The third-order valence-corrected chi connectivity index (χ3v) is 3.52. The fraction of sp³-hybridized carbons (Fsp3) is 0.312. The number of fused-ring (bicyclic) bond motifs is 1. The van der Waals surface area contributed by atoms with Crippen molar-refractivity contribution in [1.29, 1.82) is 0 Å². The topological polar surface area (TPSA) is 52.8 Å². The molecule has 0 spiro atoms. The van der Waals surface area contributed by atoms with Crippen molar-refractivity contribution in [3.8, 4) is 17.0 Å². The van der Waals surface area contributed by atoms with Crippen LogP contribution in [0.25, 0.3) is 22.4 Å². The van der Waals surface area contributed by atoms with E-state index in [0.29, 0.717) is 0 Å². The highest BCUT2D eigenvalue weighted by atomic mass is 16.5. The minimum atomic E-state index is 0.831. The first-order valence-corrected chi connectivity index (χ1v) is 7.13. The van der Waals surface area contributed by atoms with Crippen LogP contribution in [0.4, 0.5) is 0 Å². The van der Waals surface area contributed by atoms with Gasteiger partial charge in [0.1, 0.15) is 23.3 Å². The Morgan fingerprint density at radius 1 is 1.10 bits per heavy atom. The molecule has 0 amide bonds. The Morgan fingerprint density at radius 3 is 2.62 bits per heavy atom. The lowest BCUT2D eigenvalue weighted by atomic mass is 10.1. The highest BCUT2D eigenvalue weighted by molar-refractivity contribution is 5.87. The molecule has 0 saturated carbocycles. The third kappa shape index (κ3) is 2.59. The maximum Gasteiger partial charge on any atom is 0.163 e. The lowest BCUT2D eigenvalue weighted by Gasteiger charge is -2.05. The summed E-state index contributed by atoms with van der Waals surface area (Å²) in [6, 6.07) is 7.84. The Morgan fingerprint density at radius 2 is 1.90 bits per heavy atom. The lowest BCUT2D eigenvalue weighted by Crippen LogP contribution is -1.98. The second-order valence-corrected chi connectivity index (χ2v) is 4.91. The van der Waals surface area contributed by atoms with Gasteiger partial charge in [-0.05, 0) is 30.7 Å². The SMILES string of the molecule is CCCCn1cnc2c(-c3ccc(OC)cc3)ncnc21. The summed E-state index contributed by atoms with van der Waals surface area (Å²) in [6.07, 6.45) is 5.72. The molecule has 1 aromatic carbocycles. The van der Waals surface area contributed by atoms with Crippen molar-refractivity contribution < 1.29 is 4.74 Å². The molecule has 3 rings (SSSR count). The van der Waals surface area contributed by atoms with Crippen molar-refractivity contribution in [3.63, 3.8) is 0 Å². The number of hydrogen-bond donors (Lipinski definition) is 0. The Kier molecular flexibility index (Phi) is 3.81. The molecule has 0 radical (unpaired) electrons. The molecule has 0 aliphatic rings. The van der Waals surface area contributed by atoms with Gasteiger partial charge in [-0.25, -0.2) is 15.0 Å². The zero-order chi connectivity index (χ0) is 14.7. The van der Waals surface area contributed by atoms with Gasteiger partial charge in [-0.1, -0.05) is 13.3 Å². The molecule has 3 aromatic rings. The summed E-state index contributed by atoms with van der Waals surface area (Å²) in [6.45, 7) is 3.11. The molecule has 0 unspecified atom stereocenters. The zero-order valence-corrected chi connectivity index (χ0v) is 12.3. The van der Waals surface area contributed by atoms with Crippen LogP contribution in [0.15, 0.2) is 36.9 Å². The molecular formula is C16H18N4O. The molecule has 0 aliphatic heterocycles. The molecule has 2 heterocycles. The number of nitrogens with zero attached hydrogens (tertiary/aromatic N) is 4. The Bertz CT molecular complexity index is 734. The van der Waals surface area contributed by atoms with E-state index in [9.17, 15) is 0 Å². The molecule has 0 bridgehead atoms. The van der Waals surface area contributed by atoms with Crippen molar-refractivity contribution in [1.82, 2.24) is 19.5 Å². The first kappa shape index (κ1) is 13.5. The number of aryl methyl sites for hydroxylation is 1. The molecule has 2 aromatic heterocycles. The maximum absolute atomic E-state index is 5.19. The smallest absolute Gasteiger partial charge is 0.163 e. The van der Waals surface area contributed by atoms with Gasteiger partial charge >= 0.3 is 0 Å². The Labute approximate surface area is 123 Å². The third-order valence-electron chi connectivity index (χ3n) is 3.52. The minimum Gasteiger partial charge on any atom is -0.497 e. The average molecular weight is 282 g/mol. The van der Waals surface area contributed by atoms with Crippen molar-refractivity contribution in [2.24, 2.45) is 0 Å². The summed E-state index contributed by atoms with van der Waals surface area (Å²) in [5, 5.41) is 0. The lowest BCUT2D eigenvalue weighted by molar-refractivity contribution is 0.415. The van der Waals surface area contributed by atoms with Gasteiger partial charge in [0.25, 0.3) is 0 Å². The van der Waals surface area contributed by atoms with Crippen LogP contribution >= 0.6 is 0 Å². The van der Waals surface area contributed by atoms with E-state index in [4.69, 9.17) is 4.74 Å². The van der Waals surface area contributed by atoms with Gasteiger partial charge in [0.05, 0.1) is 13.4 Å². The molecule has 0 N–H and O–H groups in total. The number of hydrogen-bond acceptors (Lipinski definition) is 4.